The summed E-state index contributed by atoms with van der Waals surface area (Å²) in [4.78, 5) is 12.6. The van der Waals surface area contributed by atoms with Crippen LogP contribution < -0.4 is 5.32 Å². The summed E-state index contributed by atoms with van der Waals surface area (Å²) in [6, 6.07) is 5.82. The molecule has 0 spiro atoms. The lowest BCUT2D eigenvalue weighted by Gasteiger charge is -2.25. The Morgan fingerprint density at radius 1 is 1.20 bits per heavy atom. The Balaban J connectivity index is 1.88. The number of halogens is 1. The Bertz CT molecular complexity index is 887. The van der Waals surface area contributed by atoms with Crippen LogP contribution in [0, 0.1) is 12.7 Å². The van der Waals surface area contributed by atoms with Gasteiger partial charge in [-0.2, -0.15) is 4.31 Å². The summed E-state index contributed by atoms with van der Waals surface area (Å²) < 4.78 is 40.9. The number of thiophene rings is 1. The van der Waals surface area contributed by atoms with E-state index in [0.29, 0.717) is 13.1 Å². The average molecular weight is 382 g/mol. The highest BCUT2D eigenvalue weighted by atomic mass is 32.2. The van der Waals surface area contributed by atoms with Gasteiger partial charge in [-0.15, -0.1) is 11.3 Å². The van der Waals surface area contributed by atoms with Gasteiger partial charge >= 0.3 is 0 Å². The minimum absolute atomic E-state index is 0.00930. The first kappa shape index (κ1) is 18.0. The number of hydrogen-bond acceptors (Lipinski definition) is 4. The summed E-state index contributed by atoms with van der Waals surface area (Å²) >= 11 is 1.04. The number of nitrogens with one attached hydrogen (secondary N) is 1. The van der Waals surface area contributed by atoms with E-state index in [9.17, 15) is 17.6 Å². The minimum atomic E-state index is -3.72. The minimum Gasteiger partial charge on any atom is -0.319 e. The van der Waals surface area contributed by atoms with E-state index < -0.39 is 21.7 Å². The van der Waals surface area contributed by atoms with Gasteiger partial charge in [0.05, 0.1) is 5.69 Å². The molecule has 3 rings (SSSR count). The van der Waals surface area contributed by atoms with Gasteiger partial charge < -0.3 is 5.32 Å². The second kappa shape index (κ2) is 7.23. The largest absolute Gasteiger partial charge is 0.319 e. The van der Waals surface area contributed by atoms with Crippen molar-refractivity contribution in [2.75, 3.05) is 18.4 Å². The highest BCUT2D eigenvalue weighted by Gasteiger charge is 2.31. The maximum absolute atomic E-state index is 13.9. The maximum atomic E-state index is 13.9. The van der Waals surface area contributed by atoms with Crippen LogP contribution in [-0.4, -0.2) is 31.7 Å². The quantitative estimate of drug-likeness (QED) is 0.878. The van der Waals surface area contributed by atoms with Gasteiger partial charge in [0, 0.05) is 13.1 Å². The molecule has 2 heterocycles. The van der Waals surface area contributed by atoms with Crippen molar-refractivity contribution in [3.05, 3.63) is 45.9 Å². The number of rotatable bonds is 4. The molecule has 2 aromatic rings. The lowest BCUT2D eigenvalue weighted by molar-refractivity contribution is 0.102. The summed E-state index contributed by atoms with van der Waals surface area (Å²) in [5, 5.41) is 4.05. The topological polar surface area (TPSA) is 66.5 Å². The number of benzene rings is 1. The van der Waals surface area contributed by atoms with Crippen molar-refractivity contribution in [3.8, 4) is 0 Å². The standard InChI is InChI=1S/C17H19FN2O3S2/c1-12-5-6-13(18)14(11-12)19-17(21)16-15(7-10-24-16)25(22,23)20-8-3-2-4-9-20/h5-7,10-11H,2-4,8-9H2,1H3,(H,19,21). The molecule has 0 saturated carbocycles. The number of sulfonamides is 1. The van der Waals surface area contributed by atoms with Crippen LogP contribution in [0.2, 0.25) is 0 Å². The highest BCUT2D eigenvalue weighted by Crippen LogP contribution is 2.28. The van der Waals surface area contributed by atoms with Gasteiger partial charge in [0.1, 0.15) is 15.6 Å². The van der Waals surface area contributed by atoms with Crippen molar-refractivity contribution in [2.45, 2.75) is 31.1 Å². The van der Waals surface area contributed by atoms with Gasteiger partial charge in [-0.3, -0.25) is 4.79 Å². The Morgan fingerprint density at radius 2 is 1.92 bits per heavy atom. The number of aryl methyl sites for hydroxylation is 1. The molecule has 0 unspecified atom stereocenters. The van der Waals surface area contributed by atoms with Crippen LogP contribution in [0.1, 0.15) is 34.5 Å². The monoisotopic (exact) mass is 382 g/mol. The molecule has 1 aliphatic rings. The number of hydrogen-bond donors (Lipinski definition) is 1. The Kier molecular flexibility index (Phi) is 5.21. The fourth-order valence-electron chi connectivity index (χ4n) is 2.82. The Labute approximate surface area is 150 Å². The molecule has 1 fully saturated rings. The summed E-state index contributed by atoms with van der Waals surface area (Å²) in [7, 11) is -3.72. The van der Waals surface area contributed by atoms with Crippen LogP contribution in [0.5, 0.6) is 0 Å². The molecule has 25 heavy (non-hydrogen) atoms. The molecule has 0 aliphatic carbocycles. The van der Waals surface area contributed by atoms with E-state index >= 15 is 0 Å². The van der Waals surface area contributed by atoms with Crippen LogP contribution in [0.4, 0.5) is 10.1 Å². The van der Waals surface area contributed by atoms with E-state index in [-0.39, 0.29) is 15.5 Å². The first-order valence-electron chi connectivity index (χ1n) is 8.05. The van der Waals surface area contributed by atoms with Gasteiger partial charge in [0.25, 0.3) is 5.91 Å². The molecule has 1 amide bonds. The molecule has 0 atom stereocenters. The molecule has 0 bridgehead atoms. The zero-order valence-corrected chi connectivity index (χ0v) is 15.4. The molecular formula is C17H19FN2O3S2. The van der Waals surface area contributed by atoms with E-state index in [4.69, 9.17) is 0 Å². The second-order valence-electron chi connectivity index (χ2n) is 6.02. The summed E-state index contributed by atoms with van der Waals surface area (Å²) in [6.45, 7) is 2.71. The maximum Gasteiger partial charge on any atom is 0.267 e. The Morgan fingerprint density at radius 3 is 2.64 bits per heavy atom. The molecular weight excluding hydrogens is 363 g/mol. The van der Waals surface area contributed by atoms with Crippen molar-refractivity contribution in [3.63, 3.8) is 0 Å². The van der Waals surface area contributed by atoms with E-state index in [0.717, 1.165) is 36.2 Å². The van der Waals surface area contributed by atoms with E-state index in [1.165, 1.54) is 22.5 Å². The lowest BCUT2D eigenvalue weighted by atomic mass is 10.2. The van der Waals surface area contributed by atoms with E-state index in [1.54, 1.807) is 18.4 Å². The van der Waals surface area contributed by atoms with Crippen molar-refractivity contribution in [1.82, 2.24) is 4.31 Å². The molecule has 8 heteroatoms. The van der Waals surface area contributed by atoms with Crippen LogP contribution >= 0.6 is 11.3 Å². The van der Waals surface area contributed by atoms with Gasteiger partial charge in [0.2, 0.25) is 10.0 Å². The van der Waals surface area contributed by atoms with Gasteiger partial charge in [-0.05, 0) is 48.9 Å². The number of carbonyl (C=O) groups is 1. The Hall–Kier alpha value is -1.77. The zero-order valence-electron chi connectivity index (χ0n) is 13.8. The molecule has 1 aliphatic heterocycles. The van der Waals surface area contributed by atoms with Crippen LogP contribution in [0.25, 0.3) is 0 Å². The molecule has 134 valence electrons. The molecule has 1 aromatic heterocycles. The first-order valence-corrected chi connectivity index (χ1v) is 10.4. The van der Waals surface area contributed by atoms with Crippen molar-refractivity contribution in [1.29, 1.82) is 0 Å². The van der Waals surface area contributed by atoms with Crippen LogP contribution in [-0.2, 0) is 10.0 Å². The van der Waals surface area contributed by atoms with Crippen molar-refractivity contribution >= 4 is 33.0 Å². The van der Waals surface area contributed by atoms with Crippen LogP contribution in [0.3, 0.4) is 0 Å². The number of nitrogens with zero attached hydrogens (tertiary/aromatic N) is 1. The number of anilines is 1. The van der Waals surface area contributed by atoms with Crippen molar-refractivity contribution in [2.24, 2.45) is 0 Å². The fourth-order valence-corrected chi connectivity index (χ4v) is 5.64. The predicted octanol–water partition coefficient (Wildman–Crippen LogP) is 3.62. The average Bonchev–Trinajstić information content (AvgIpc) is 3.09. The third-order valence-electron chi connectivity index (χ3n) is 4.14. The fraction of sp³-hybridized carbons (Fsp3) is 0.353. The number of piperidine rings is 1. The van der Waals surface area contributed by atoms with Crippen molar-refractivity contribution < 1.29 is 17.6 Å². The van der Waals surface area contributed by atoms with E-state index in [1.807, 2.05) is 0 Å². The van der Waals surface area contributed by atoms with Gasteiger partial charge in [-0.1, -0.05) is 12.5 Å². The van der Waals surface area contributed by atoms with Crippen LogP contribution in [0.15, 0.2) is 34.5 Å². The summed E-state index contributed by atoms with van der Waals surface area (Å²) in [5.41, 5.74) is 0.837. The predicted molar refractivity (Wildman–Crippen MR) is 96.0 cm³/mol. The molecule has 1 aromatic carbocycles. The molecule has 1 N–H and O–H groups in total. The summed E-state index contributed by atoms with van der Waals surface area (Å²) in [5.74, 6) is -1.17. The van der Waals surface area contributed by atoms with E-state index in [2.05, 4.69) is 5.32 Å². The third kappa shape index (κ3) is 3.75. The summed E-state index contributed by atoms with van der Waals surface area (Å²) in [6.07, 6.45) is 2.65. The van der Waals surface area contributed by atoms with Gasteiger partial charge in [0.15, 0.2) is 0 Å². The molecule has 0 radical (unpaired) electrons. The normalized spacial score (nSPS) is 15.9. The zero-order chi connectivity index (χ0) is 18.0. The lowest BCUT2D eigenvalue weighted by Crippen LogP contribution is -2.36. The first-order chi connectivity index (χ1) is 11.9. The number of amides is 1. The third-order valence-corrected chi connectivity index (χ3v) is 7.12. The number of carbonyl (C=O) groups excluding carboxylic acids is 1. The molecule has 5 nitrogen and oxygen atoms in total. The van der Waals surface area contributed by atoms with Gasteiger partial charge in [-0.25, -0.2) is 12.8 Å². The molecule has 1 saturated heterocycles. The highest BCUT2D eigenvalue weighted by molar-refractivity contribution is 7.89. The smallest absolute Gasteiger partial charge is 0.267 e. The second-order valence-corrected chi connectivity index (χ2v) is 8.84. The SMILES string of the molecule is Cc1ccc(F)c(NC(=O)c2sccc2S(=O)(=O)N2CCCCC2)c1.